The van der Waals surface area contributed by atoms with Gasteiger partial charge in [0.25, 0.3) is 0 Å². The second-order valence-electron chi connectivity index (χ2n) is 4.98. The Kier molecular flexibility index (Phi) is 5.75. The van der Waals surface area contributed by atoms with Crippen molar-refractivity contribution < 1.29 is 13.2 Å². The van der Waals surface area contributed by atoms with Gasteiger partial charge in [0.1, 0.15) is 0 Å². The van der Waals surface area contributed by atoms with Crippen LogP contribution in [0.4, 0.5) is 25.1 Å². The van der Waals surface area contributed by atoms with Crippen molar-refractivity contribution in [3.05, 3.63) is 28.2 Å². The molecule has 0 aromatic carbocycles. The number of alkyl halides is 3. The molecule has 2 heterocycles. The highest BCUT2D eigenvalue weighted by atomic mass is 32.1. The maximum absolute atomic E-state index is 12.8. The molecule has 0 aliphatic rings. The van der Waals surface area contributed by atoms with Crippen molar-refractivity contribution >= 4 is 23.2 Å². The molecule has 0 spiro atoms. The van der Waals surface area contributed by atoms with E-state index in [4.69, 9.17) is 5.73 Å². The van der Waals surface area contributed by atoms with Crippen LogP contribution in [0.2, 0.25) is 0 Å². The zero-order valence-electron chi connectivity index (χ0n) is 12.7. The van der Waals surface area contributed by atoms with E-state index in [1.54, 1.807) is 16.2 Å². The maximum Gasteiger partial charge on any atom is 0.451 e. The van der Waals surface area contributed by atoms with E-state index in [0.717, 1.165) is 19.3 Å². The molecule has 2 aromatic rings. The first kappa shape index (κ1) is 17.5. The Hall–Kier alpha value is -1.90. The molecule has 2 N–H and O–H groups in total. The molecular weight excluding hydrogens is 327 g/mol. The van der Waals surface area contributed by atoms with Crippen LogP contribution in [-0.4, -0.2) is 28.0 Å². The highest BCUT2D eigenvalue weighted by Crippen LogP contribution is 2.27. The Labute approximate surface area is 136 Å². The van der Waals surface area contributed by atoms with Gasteiger partial charge in [-0.25, -0.2) is 0 Å². The quantitative estimate of drug-likeness (QED) is 0.779. The van der Waals surface area contributed by atoms with Crippen molar-refractivity contribution in [3.63, 3.8) is 0 Å². The highest BCUT2D eigenvalue weighted by molar-refractivity contribution is 7.07. The molecule has 0 unspecified atom stereocenters. The number of aryl methyl sites for hydroxylation is 1. The van der Waals surface area contributed by atoms with Gasteiger partial charge in [-0.05, 0) is 48.6 Å². The summed E-state index contributed by atoms with van der Waals surface area (Å²) in [5.41, 5.74) is 6.66. The predicted octanol–water partition coefficient (Wildman–Crippen LogP) is 3.38. The van der Waals surface area contributed by atoms with Crippen LogP contribution in [0.5, 0.6) is 0 Å². The molecule has 0 bridgehead atoms. The fourth-order valence-electron chi connectivity index (χ4n) is 2.12. The van der Waals surface area contributed by atoms with E-state index in [0.29, 0.717) is 13.1 Å². The monoisotopic (exact) mass is 345 g/mol. The predicted molar refractivity (Wildman–Crippen MR) is 84.4 cm³/mol. The number of nitrogen functional groups attached to an aromatic ring is 1. The van der Waals surface area contributed by atoms with Gasteiger partial charge in [-0.1, -0.05) is 0 Å². The SMILES string of the molecule is CCN(CCCCc1ccsc1)c1nc(N)nc(C(F)(F)F)n1. The number of anilines is 2. The fourth-order valence-corrected chi connectivity index (χ4v) is 2.82. The molecule has 0 saturated carbocycles. The van der Waals surface area contributed by atoms with E-state index in [9.17, 15) is 13.2 Å². The lowest BCUT2D eigenvalue weighted by atomic mass is 10.1. The van der Waals surface area contributed by atoms with Gasteiger partial charge in [-0.15, -0.1) is 0 Å². The Morgan fingerprint density at radius 2 is 2.00 bits per heavy atom. The number of nitrogens with zero attached hydrogens (tertiary/aromatic N) is 4. The summed E-state index contributed by atoms with van der Waals surface area (Å²) in [5.74, 6) is -1.70. The van der Waals surface area contributed by atoms with Gasteiger partial charge in [0, 0.05) is 13.1 Å². The van der Waals surface area contributed by atoms with E-state index < -0.39 is 17.9 Å². The summed E-state index contributed by atoms with van der Waals surface area (Å²) in [6.45, 7) is 2.91. The lowest BCUT2D eigenvalue weighted by molar-refractivity contribution is -0.144. The highest BCUT2D eigenvalue weighted by Gasteiger charge is 2.36. The van der Waals surface area contributed by atoms with Gasteiger partial charge in [-0.3, -0.25) is 0 Å². The Morgan fingerprint density at radius 1 is 1.22 bits per heavy atom. The second-order valence-corrected chi connectivity index (χ2v) is 5.76. The van der Waals surface area contributed by atoms with Gasteiger partial charge in [-0.2, -0.15) is 39.5 Å². The van der Waals surface area contributed by atoms with Gasteiger partial charge in [0.05, 0.1) is 0 Å². The van der Waals surface area contributed by atoms with Crippen LogP contribution in [0, 0.1) is 0 Å². The standard InChI is InChI=1S/C14H18F3N5S/c1-2-22(7-4-3-5-10-6-8-23-9-10)13-20-11(14(15,16)17)19-12(18)21-13/h6,8-9H,2-5,7H2,1H3,(H2,18,19,20,21). The van der Waals surface area contributed by atoms with Crippen molar-refractivity contribution in [3.8, 4) is 0 Å². The van der Waals surface area contributed by atoms with Crippen LogP contribution in [0.1, 0.15) is 31.2 Å². The third kappa shape index (κ3) is 5.05. The van der Waals surface area contributed by atoms with Gasteiger partial charge in [0.2, 0.25) is 17.7 Å². The van der Waals surface area contributed by atoms with Crippen molar-refractivity contribution in [2.75, 3.05) is 23.7 Å². The zero-order chi connectivity index (χ0) is 16.9. The zero-order valence-corrected chi connectivity index (χ0v) is 13.5. The van der Waals surface area contributed by atoms with Gasteiger partial charge in [0.15, 0.2) is 0 Å². The number of nitrogens with two attached hydrogens (primary N) is 1. The number of rotatable bonds is 7. The average molecular weight is 345 g/mol. The number of aromatic nitrogens is 3. The molecule has 0 saturated heterocycles. The van der Waals surface area contributed by atoms with Crippen LogP contribution in [0.3, 0.4) is 0 Å². The molecule has 0 aliphatic carbocycles. The normalized spacial score (nSPS) is 11.7. The summed E-state index contributed by atoms with van der Waals surface area (Å²) in [6, 6.07) is 2.07. The van der Waals surface area contributed by atoms with Crippen molar-refractivity contribution in [1.82, 2.24) is 15.0 Å². The Balaban J connectivity index is 1.98. The summed E-state index contributed by atoms with van der Waals surface area (Å²) in [4.78, 5) is 12.2. The molecule has 0 aliphatic heterocycles. The molecule has 0 fully saturated rings. The van der Waals surface area contributed by atoms with Crippen LogP contribution in [0.25, 0.3) is 0 Å². The topological polar surface area (TPSA) is 67.9 Å². The number of thiophene rings is 1. The van der Waals surface area contributed by atoms with E-state index in [2.05, 4.69) is 26.4 Å². The molecule has 0 atom stereocenters. The fraction of sp³-hybridized carbons (Fsp3) is 0.500. The molecule has 0 amide bonds. The number of halogens is 3. The summed E-state index contributed by atoms with van der Waals surface area (Å²) in [5, 5.41) is 4.12. The average Bonchev–Trinajstić information content (AvgIpc) is 2.99. The van der Waals surface area contributed by atoms with Crippen molar-refractivity contribution in [2.24, 2.45) is 0 Å². The first-order valence-corrected chi connectivity index (χ1v) is 8.19. The minimum atomic E-state index is -4.63. The second kappa shape index (κ2) is 7.58. The van der Waals surface area contributed by atoms with E-state index >= 15 is 0 Å². The Morgan fingerprint density at radius 3 is 2.61 bits per heavy atom. The minimum Gasteiger partial charge on any atom is -0.368 e. The van der Waals surface area contributed by atoms with E-state index in [-0.39, 0.29) is 5.95 Å². The lowest BCUT2D eigenvalue weighted by Crippen LogP contribution is -2.28. The molecule has 2 rings (SSSR count). The summed E-state index contributed by atoms with van der Waals surface area (Å²) in [7, 11) is 0. The summed E-state index contributed by atoms with van der Waals surface area (Å²) < 4.78 is 38.3. The van der Waals surface area contributed by atoms with Gasteiger partial charge >= 0.3 is 6.18 Å². The van der Waals surface area contributed by atoms with Crippen LogP contribution < -0.4 is 10.6 Å². The van der Waals surface area contributed by atoms with Gasteiger partial charge < -0.3 is 10.6 Å². The maximum atomic E-state index is 12.8. The third-order valence-corrected chi connectivity index (χ3v) is 4.01. The molecule has 5 nitrogen and oxygen atoms in total. The third-order valence-electron chi connectivity index (χ3n) is 3.28. The van der Waals surface area contributed by atoms with Crippen molar-refractivity contribution in [2.45, 2.75) is 32.4 Å². The first-order valence-electron chi connectivity index (χ1n) is 7.25. The summed E-state index contributed by atoms with van der Waals surface area (Å²) >= 11 is 1.65. The Bertz CT molecular complexity index is 615. The molecule has 0 radical (unpaired) electrons. The molecule has 126 valence electrons. The van der Waals surface area contributed by atoms with Crippen LogP contribution in [0.15, 0.2) is 16.8 Å². The number of unbranched alkanes of at least 4 members (excludes halogenated alkanes) is 1. The van der Waals surface area contributed by atoms with E-state index in [1.807, 2.05) is 12.3 Å². The molecule has 9 heteroatoms. The van der Waals surface area contributed by atoms with Crippen LogP contribution in [-0.2, 0) is 12.6 Å². The van der Waals surface area contributed by atoms with E-state index in [1.165, 1.54) is 5.56 Å². The summed E-state index contributed by atoms with van der Waals surface area (Å²) in [6.07, 6.45) is -1.91. The molecule has 2 aromatic heterocycles. The number of hydrogen-bond donors (Lipinski definition) is 1. The first-order chi connectivity index (χ1) is 10.9. The largest absolute Gasteiger partial charge is 0.451 e. The number of hydrogen-bond acceptors (Lipinski definition) is 6. The lowest BCUT2D eigenvalue weighted by Gasteiger charge is -2.21. The molecular formula is C14H18F3N5S. The smallest absolute Gasteiger partial charge is 0.368 e. The van der Waals surface area contributed by atoms with Crippen LogP contribution >= 0.6 is 11.3 Å². The van der Waals surface area contributed by atoms with Crippen molar-refractivity contribution in [1.29, 1.82) is 0 Å². The minimum absolute atomic E-state index is 0.0251. The molecule has 23 heavy (non-hydrogen) atoms.